The Bertz CT molecular complexity index is 3840. The summed E-state index contributed by atoms with van der Waals surface area (Å²) in [6.45, 7) is 27.5. The number of hydrogen-bond acceptors (Lipinski definition) is 8. The van der Waals surface area contributed by atoms with Gasteiger partial charge in [0.1, 0.15) is 0 Å². The van der Waals surface area contributed by atoms with E-state index in [0.717, 1.165) is 12.8 Å². The minimum atomic E-state index is 1.16. The van der Waals surface area contributed by atoms with E-state index in [1.165, 1.54) is 368 Å². The van der Waals surface area contributed by atoms with Gasteiger partial charge in [-0.05, 0) is 282 Å². The van der Waals surface area contributed by atoms with E-state index < -0.39 is 0 Å². The van der Waals surface area contributed by atoms with Gasteiger partial charge in [-0.25, -0.2) is 0 Å². The van der Waals surface area contributed by atoms with Crippen molar-refractivity contribution in [3.8, 4) is 80.8 Å². The summed E-state index contributed by atoms with van der Waals surface area (Å²) >= 11 is 16.0. The zero-order chi connectivity index (χ0) is 74.8. The summed E-state index contributed by atoms with van der Waals surface area (Å²) in [6, 6.07) is 39.7. The molecule has 0 aliphatic carbocycles. The van der Waals surface area contributed by atoms with Crippen molar-refractivity contribution in [1.82, 2.24) is 0 Å². The molecule has 106 heavy (non-hydrogen) atoms. The molecule has 0 saturated carbocycles. The maximum Gasteiger partial charge on any atom is 0.0477 e. The summed E-state index contributed by atoms with van der Waals surface area (Å²) in [7, 11) is 0. The Balaban J connectivity index is 0.000000254. The first-order valence-electron chi connectivity index (χ1n) is 42.9. The Morgan fingerprint density at radius 1 is 0.179 bits per heavy atom. The second kappa shape index (κ2) is 47.4. The van der Waals surface area contributed by atoms with Crippen LogP contribution >= 0.6 is 90.7 Å². The third-order valence-electron chi connectivity index (χ3n) is 21.8. The molecule has 0 atom stereocenters. The van der Waals surface area contributed by atoms with Crippen LogP contribution in [0.1, 0.15) is 337 Å². The summed E-state index contributed by atoms with van der Waals surface area (Å²) in [4.78, 5) is 23.3. The van der Waals surface area contributed by atoms with E-state index in [9.17, 15) is 0 Å². The molecule has 10 aromatic rings. The molecular formula is C98H136S8. The maximum atomic E-state index is 2.68. The van der Waals surface area contributed by atoms with Crippen molar-refractivity contribution in [3.63, 3.8) is 0 Å². The van der Waals surface area contributed by atoms with E-state index in [1.807, 2.05) is 68.0 Å². The minimum Gasteiger partial charge on any atom is -0.139 e. The highest BCUT2D eigenvalue weighted by molar-refractivity contribution is 7.26. The van der Waals surface area contributed by atoms with Crippen LogP contribution in [0, 0.1) is 41.5 Å². The van der Waals surface area contributed by atoms with Crippen molar-refractivity contribution in [1.29, 1.82) is 0 Å². The largest absolute Gasteiger partial charge is 0.139 e. The number of unbranched alkanes of at least 4 members (excludes halogenated alkanes) is 30. The molecule has 0 fully saturated rings. The van der Waals surface area contributed by atoms with Crippen LogP contribution in [0.3, 0.4) is 0 Å². The quantitative estimate of drug-likeness (QED) is 0.0333. The van der Waals surface area contributed by atoms with Crippen LogP contribution in [0.15, 0.2) is 97.1 Å². The molecule has 8 heteroatoms. The van der Waals surface area contributed by atoms with E-state index in [0.29, 0.717) is 0 Å². The Morgan fingerprint density at radius 3 is 0.594 bits per heavy atom. The summed E-state index contributed by atoms with van der Waals surface area (Å²) in [5.74, 6) is 0. The Kier molecular flexibility index (Phi) is 38.5. The highest BCUT2D eigenvalue weighted by atomic mass is 32.1. The van der Waals surface area contributed by atoms with Gasteiger partial charge in [0, 0.05) is 78.0 Å². The first-order chi connectivity index (χ1) is 51.8. The average molecular weight is 1570 g/mol. The fourth-order valence-corrected chi connectivity index (χ4v) is 24.9. The van der Waals surface area contributed by atoms with Crippen LogP contribution < -0.4 is 0 Å². The van der Waals surface area contributed by atoms with Crippen molar-refractivity contribution in [3.05, 3.63) is 161 Å². The molecule has 0 amide bonds. The fourth-order valence-electron chi connectivity index (χ4n) is 15.8. The number of rotatable bonds is 50. The maximum absolute atomic E-state index is 2.68. The molecule has 0 bridgehead atoms. The third kappa shape index (κ3) is 26.6. The molecule has 0 nitrogen and oxygen atoms in total. The van der Waals surface area contributed by atoms with Crippen LogP contribution in [0.5, 0.6) is 0 Å². The predicted octanol–water partition coefficient (Wildman–Crippen LogP) is 36.5. The van der Waals surface area contributed by atoms with Gasteiger partial charge in [0.05, 0.1) is 0 Å². The van der Waals surface area contributed by atoms with Gasteiger partial charge >= 0.3 is 0 Å². The normalized spacial score (nSPS) is 11.7. The molecule has 8 heterocycles. The molecule has 2 aromatic carbocycles. The number of aryl methyl sites for hydroxylation is 12. The number of benzene rings is 2. The molecule has 0 saturated heterocycles. The van der Waals surface area contributed by atoms with Crippen molar-refractivity contribution in [2.24, 2.45) is 0 Å². The van der Waals surface area contributed by atoms with Crippen molar-refractivity contribution in [2.75, 3.05) is 0 Å². The molecule has 0 radical (unpaired) electrons. The van der Waals surface area contributed by atoms with Gasteiger partial charge in [-0.15, -0.1) is 90.7 Å². The zero-order valence-electron chi connectivity index (χ0n) is 68.2. The molecular weight excluding hydrogens is 1430 g/mol. The molecule has 0 aliphatic heterocycles. The number of hydrogen-bond donors (Lipinski definition) is 0. The van der Waals surface area contributed by atoms with Gasteiger partial charge in [0.25, 0.3) is 0 Å². The van der Waals surface area contributed by atoms with Crippen LogP contribution in [0.2, 0.25) is 0 Å². The molecule has 0 N–H and O–H groups in total. The summed E-state index contributed by atoms with van der Waals surface area (Å²) < 4.78 is 0. The summed E-state index contributed by atoms with van der Waals surface area (Å²) in [5.41, 5.74) is 18.2. The molecule has 0 spiro atoms. The van der Waals surface area contributed by atoms with E-state index in [1.54, 1.807) is 33.4 Å². The second-order valence-electron chi connectivity index (χ2n) is 31.3. The lowest BCUT2D eigenvalue weighted by Gasteiger charge is -2.16. The van der Waals surface area contributed by atoms with Crippen LogP contribution in [0.4, 0.5) is 0 Å². The molecule has 0 aliphatic rings. The molecule has 10 rings (SSSR count). The lowest BCUT2D eigenvalue weighted by molar-refractivity contribution is 0.606. The lowest BCUT2D eigenvalue weighted by Crippen LogP contribution is -1.97. The van der Waals surface area contributed by atoms with Gasteiger partial charge in [0.2, 0.25) is 0 Å². The summed E-state index contributed by atoms with van der Waals surface area (Å²) in [6.07, 6.45) is 55.5. The zero-order valence-corrected chi connectivity index (χ0v) is 74.7. The fraction of sp³-hybridized carbons (Fsp3) is 0.551. The van der Waals surface area contributed by atoms with Crippen LogP contribution in [0.25, 0.3) is 80.8 Å². The van der Waals surface area contributed by atoms with Crippen LogP contribution in [-0.4, -0.2) is 0 Å². The smallest absolute Gasteiger partial charge is 0.0477 e. The number of thiophene rings is 8. The van der Waals surface area contributed by atoms with Crippen molar-refractivity contribution < 1.29 is 0 Å². The molecule has 0 unspecified atom stereocenters. The van der Waals surface area contributed by atoms with Crippen molar-refractivity contribution >= 4 is 90.7 Å². The highest BCUT2D eigenvalue weighted by Gasteiger charge is 2.23. The van der Waals surface area contributed by atoms with Gasteiger partial charge in [-0.3, -0.25) is 0 Å². The van der Waals surface area contributed by atoms with E-state index >= 15 is 0 Å². The molecule has 8 aromatic heterocycles. The lowest BCUT2D eigenvalue weighted by atomic mass is 9.91. The third-order valence-corrected chi connectivity index (χ3v) is 31.5. The molecule has 576 valence electrons. The van der Waals surface area contributed by atoms with Gasteiger partial charge in [-0.1, -0.05) is 234 Å². The summed E-state index contributed by atoms with van der Waals surface area (Å²) in [5, 5.41) is 0. The minimum absolute atomic E-state index is 1.16. The van der Waals surface area contributed by atoms with Crippen LogP contribution in [-0.2, 0) is 38.5 Å². The average Bonchev–Trinajstić information content (AvgIpc) is 1.14. The first kappa shape index (κ1) is 86.0. The van der Waals surface area contributed by atoms with Gasteiger partial charge in [0.15, 0.2) is 0 Å². The Morgan fingerprint density at radius 2 is 0.368 bits per heavy atom. The second-order valence-corrected chi connectivity index (χ2v) is 40.6. The van der Waals surface area contributed by atoms with Crippen molar-refractivity contribution in [2.45, 2.75) is 353 Å². The predicted molar refractivity (Wildman–Crippen MR) is 490 cm³/mol. The van der Waals surface area contributed by atoms with Gasteiger partial charge < -0.3 is 0 Å². The highest BCUT2D eigenvalue weighted by Crippen LogP contribution is 2.49. The Labute approximate surface area is 679 Å². The SMILES string of the molecule is CCCCCCCCc1cc(-c2ccc(-c3sc(C)cc3C)s2)c(CCCCCCCC)cc1-c1ccc(-c2sc(C)cc2C)s1.CCCCCCCCc1cc(-c2ccc(-c3sc(C)cc3CCCCCCCC)s2)c(CCCCCCCC)cc1-c1ccc(-c2sc(C)cc2CCCCCCCC)s1. The standard InChI is InChI=1S/C56H82S4.C42H54S4/c1-7-11-15-19-23-27-31-45-41-50(52-36-38-54(60-52)56-48(40-44(6)58-56)34-30-26-22-18-14-10-4)46(32-28-24-20-16-12-8-2)42-49(45)51-35-37-53(59-51)55-47(39-43(5)57-55)33-29-25-21-17-13-9-3;1-7-9-11-13-15-17-19-33-27-36(38-22-24-40(46-38)42-30(4)26-32(6)44-42)34(20-18-16-14-12-10-8-2)28-35(33)37-21-23-39(45-37)41-29(3)25-31(5)43-41/h35-42H,7-34H2,1-6H3;21-28H,7-20H2,1-6H3. The van der Waals surface area contributed by atoms with E-state index in [2.05, 4.69) is 203 Å². The monoisotopic (exact) mass is 1570 g/mol. The Hall–Kier alpha value is -3.96. The van der Waals surface area contributed by atoms with E-state index in [4.69, 9.17) is 0 Å². The van der Waals surface area contributed by atoms with E-state index in [-0.39, 0.29) is 0 Å². The topological polar surface area (TPSA) is 0 Å². The first-order valence-corrected chi connectivity index (χ1v) is 49.4. The van der Waals surface area contributed by atoms with Gasteiger partial charge in [-0.2, -0.15) is 0 Å².